The lowest BCUT2D eigenvalue weighted by atomic mass is 9.95. The molecule has 2 N–H and O–H groups in total. The van der Waals surface area contributed by atoms with E-state index < -0.39 is 24.5 Å². The largest absolute Gasteiger partial charge is 0.478 e. The highest BCUT2D eigenvalue weighted by molar-refractivity contribution is 6.06. The third-order valence-corrected chi connectivity index (χ3v) is 5.60. The molecular weight excluding hydrogens is 422 g/mol. The molecule has 0 aliphatic carbocycles. The van der Waals surface area contributed by atoms with E-state index in [4.69, 9.17) is 14.8 Å². The smallest absolute Gasteiger partial charge is 0.339 e. The van der Waals surface area contributed by atoms with Gasteiger partial charge in [-0.3, -0.25) is 14.7 Å². The van der Waals surface area contributed by atoms with Crippen molar-refractivity contribution in [1.29, 1.82) is 0 Å². The molecule has 0 fully saturated rings. The maximum Gasteiger partial charge on any atom is 0.339 e. The number of aromatic carboxylic acids is 1. The topological polar surface area (TPSA) is 109 Å². The summed E-state index contributed by atoms with van der Waals surface area (Å²) in [6.07, 6.45) is 1.76. The quantitative estimate of drug-likeness (QED) is 0.534. The lowest BCUT2D eigenvalue weighted by molar-refractivity contribution is -0.119. The molecule has 1 aromatic heterocycles. The maximum absolute atomic E-state index is 13.2. The summed E-state index contributed by atoms with van der Waals surface area (Å²) in [6, 6.07) is 13.3. The van der Waals surface area contributed by atoms with Gasteiger partial charge in [0.05, 0.1) is 16.6 Å². The van der Waals surface area contributed by atoms with Gasteiger partial charge in [-0.05, 0) is 37.2 Å². The number of carboxylic acids is 1. The van der Waals surface area contributed by atoms with E-state index in [1.807, 2.05) is 24.3 Å². The van der Waals surface area contributed by atoms with Crippen LogP contribution in [0.25, 0.3) is 10.9 Å². The molecule has 2 aromatic carbocycles. The zero-order valence-electron chi connectivity index (χ0n) is 18.3. The number of carbonyl (C=O) groups is 3. The van der Waals surface area contributed by atoms with E-state index in [1.54, 1.807) is 6.07 Å². The second-order valence-corrected chi connectivity index (χ2v) is 7.97. The summed E-state index contributed by atoms with van der Waals surface area (Å²) in [6.45, 7) is 4.06. The molecule has 0 unspecified atom stereocenters. The number of para-hydroxylation sites is 1. The van der Waals surface area contributed by atoms with E-state index in [9.17, 15) is 14.4 Å². The summed E-state index contributed by atoms with van der Waals surface area (Å²) in [7, 11) is 0. The van der Waals surface area contributed by atoms with Gasteiger partial charge in [0.15, 0.2) is 6.61 Å². The summed E-state index contributed by atoms with van der Waals surface area (Å²) in [5, 5.41) is 12.4. The molecule has 0 bridgehead atoms. The van der Waals surface area contributed by atoms with Crippen molar-refractivity contribution in [2.45, 2.75) is 26.3 Å². The minimum Gasteiger partial charge on any atom is -0.478 e. The first-order valence-corrected chi connectivity index (χ1v) is 10.9. The number of amides is 1. The third kappa shape index (κ3) is 5.01. The Balaban J connectivity index is 1.54. The van der Waals surface area contributed by atoms with Crippen molar-refractivity contribution in [2.24, 2.45) is 0 Å². The molecule has 0 atom stereocenters. The summed E-state index contributed by atoms with van der Waals surface area (Å²) < 4.78 is 5.40. The number of benzene rings is 2. The Bertz CT molecular complexity index is 1220. The van der Waals surface area contributed by atoms with Gasteiger partial charge in [0.2, 0.25) is 0 Å². The van der Waals surface area contributed by atoms with Crippen molar-refractivity contribution in [2.75, 3.05) is 25.0 Å². The van der Waals surface area contributed by atoms with Gasteiger partial charge in [0, 0.05) is 41.8 Å². The second kappa shape index (κ2) is 9.79. The fourth-order valence-electron chi connectivity index (χ4n) is 4.12. The molecule has 0 spiro atoms. The highest BCUT2D eigenvalue weighted by atomic mass is 16.5. The molecule has 0 saturated heterocycles. The molecular formula is C25H25N3O5. The van der Waals surface area contributed by atoms with E-state index in [1.165, 1.54) is 18.2 Å². The molecule has 1 aliphatic heterocycles. The summed E-state index contributed by atoms with van der Waals surface area (Å²) >= 11 is 0. The fraction of sp³-hybridized carbons (Fsp3) is 0.280. The first kappa shape index (κ1) is 22.4. The predicted molar refractivity (Wildman–Crippen MR) is 123 cm³/mol. The van der Waals surface area contributed by atoms with Crippen LogP contribution in [0, 0.1) is 0 Å². The second-order valence-electron chi connectivity index (χ2n) is 7.97. The van der Waals surface area contributed by atoms with Gasteiger partial charge in [0.25, 0.3) is 5.91 Å². The van der Waals surface area contributed by atoms with E-state index in [2.05, 4.69) is 17.1 Å². The monoisotopic (exact) mass is 447 g/mol. The Morgan fingerprint density at radius 3 is 2.76 bits per heavy atom. The van der Waals surface area contributed by atoms with Crippen LogP contribution in [0.5, 0.6) is 0 Å². The van der Waals surface area contributed by atoms with Crippen LogP contribution in [0.3, 0.4) is 0 Å². The van der Waals surface area contributed by atoms with E-state index >= 15 is 0 Å². The number of hydrogen-bond acceptors (Lipinski definition) is 6. The summed E-state index contributed by atoms with van der Waals surface area (Å²) in [4.78, 5) is 43.7. The van der Waals surface area contributed by atoms with Crippen molar-refractivity contribution < 1.29 is 24.2 Å². The molecule has 2 heterocycles. The van der Waals surface area contributed by atoms with Crippen molar-refractivity contribution >= 4 is 34.4 Å². The molecule has 170 valence electrons. The SMILES string of the molecule is CCCN1CCc2nc3ccccc3c(C(=O)OCC(=O)Nc3cccc(C(=O)O)c3)c2C1. The average molecular weight is 447 g/mol. The average Bonchev–Trinajstić information content (AvgIpc) is 2.81. The zero-order valence-corrected chi connectivity index (χ0v) is 18.3. The molecule has 0 radical (unpaired) electrons. The Morgan fingerprint density at radius 2 is 1.97 bits per heavy atom. The Labute approximate surface area is 191 Å². The van der Waals surface area contributed by atoms with Crippen LogP contribution in [0.4, 0.5) is 5.69 Å². The number of esters is 1. The van der Waals surface area contributed by atoms with E-state index in [0.29, 0.717) is 23.2 Å². The Kier molecular flexibility index (Phi) is 6.65. The Morgan fingerprint density at radius 1 is 1.15 bits per heavy atom. The number of fused-ring (bicyclic) bond motifs is 2. The molecule has 0 saturated carbocycles. The van der Waals surface area contributed by atoms with Crippen molar-refractivity contribution in [3.63, 3.8) is 0 Å². The van der Waals surface area contributed by atoms with Crippen molar-refractivity contribution in [3.8, 4) is 0 Å². The summed E-state index contributed by atoms with van der Waals surface area (Å²) in [5.41, 5.74) is 3.30. The lowest BCUT2D eigenvalue weighted by Crippen LogP contribution is -2.33. The van der Waals surface area contributed by atoms with Gasteiger partial charge >= 0.3 is 11.9 Å². The number of nitrogens with one attached hydrogen (secondary N) is 1. The number of hydrogen-bond donors (Lipinski definition) is 2. The number of carbonyl (C=O) groups excluding carboxylic acids is 2. The normalized spacial score (nSPS) is 13.4. The first-order valence-electron chi connectivity index (χ1n) is 10.9. The fourth-order valence-corrected chi connectivity index (χ4v) is 4.12. The number of anilines is 1. The molecule has 1 amide bonds. The maximum atomic E-state index is 13.2. The van der Waals surface area contributed by atoms with Gasteiger partial charge in [-0.15, -0.1) is 0 Å². The predicted octanol–water partition coefficient (Wildman–Crippen LogP) is 3.50. The van der Waals surface area contributed by atoms with Crippen LogP contribution < -0.4 is 5.32 Å². The van der Waals surface area contributed by atoms with Crippen LogP contribution in [-0.4, -0.2) is 52.5 Å². The van der Waals surface area contributed by atoms with Crippen LogP contribution in [0.1, 0.15) is 45.3 Å². The standard InChI is InChI=1S/C25H25N3O5/c1-2-11-28-12-10-21-19(14-28)23(18-8-3-4-9-20(18)27-21)25(32)33-15-22(29)26-17-7-5-6-16(13-17)24(30)31/h3-9,13H,2,10-12,14-15H2,1H3,(H,26,29)(H,30,31). The number of aromatic nitrogens is 1. The highest BCUT2D eigenvalue weighted by Gasteiger charge is 2.26. The number of nitrogens with zero attached hydrogens (tertiary/aromatic N) is 2. The molecule has 33 heavy (non-hydrogen) atoms. The number of pyridine rings is 1. The van der Waals surface area contributed by atoms with Crippen LogP contribution in [-0.2, 0) is 22.5 Å². The zero-order chi connectivity index (χ0) is 23.4. The van der Waals surface area contributed by atoms with Gasteiger partial charge in [-0.1, -0.05) is 31.2 Å². The van der Waals surface area contributed by atoms with Gasteiger partial charge in [-0.25, -0.2) is 9.59 Å². The van der Waals surface area contributed by atoms with Crippen LogP contribution in [0.2, 0.25) is 0 Å². The highest BCUT2D eigenvalue weighted by Crippen LogP contribution is 2.29. The van der Waals surface area contributed by atoms with E-state index in [-0.39, 0.29) is 5.56 Å². The third-order valence-electron chi connectivity index (χ3n) is 5.60. The van der Waals surface area contributed by atoms with Crippen molar-refractivity contribution in [1.82, 2.24) is 9.88 Å². The van der Waals surface area contributed by atoms with Gasteiger partial charge in [0.1, 0.15) is 0 Å². The van der Waals surface area contributed by atoms with Crippen molar-refractivity contribution in [3.05, 3.63) is 70.9 Å². The number of carboxylic acid groups (broad SMARTS) is 1. The minimum atomic E-state index is -1.09. The van der Waals surface area contributed by atoms with Gasteiger partial charge in [-0.2, -0.15) is 0 Å². The Hall–Kier alpha value is -3.78. The molecule has 8 nitrogen and oxygen atoms in total. The molecule has 1 aliphatic rings. The van der Waals surface area contributed by atoms with Crippen LogP contribution in [0.15, 0.2) is 48.5 Å². The number of ether oxygens (including phenoxy) is 1. The minimum absolute atomic E-state index is 0.0521. The first-order chi connectivity index (χ1) is 16.0. The van der Waals surface area contributed by atoms with Gasteiger partial charge < -0.3 is 15.2 Å². The lowest BCUT2D eigenvalue weighted by Gasteiger charge is -2.29. The number of rotatable bonds is 7. The molecule has 3 aromatic rings. The molecule has 8 heteroatoms. The van der Waals surface area contributed by atoms with E-state index in [0.717, 1.165) is 42.7 Å². The summed E-state index contributed by atoms with van der Waals surface area (Å²) in [5.74, 6) is -2.22. The molecule has 4 rings (SSSR count). The van der Waals surface area contributed by atoms with Crippen LogP contribution >= 0.6 is 0 Å².